The summed E-state index contributed by atoms with van der Waals surface area (Å²) in [7, 11) is 0. The number of rotatable bonds is 5. The third-order valence-electron chi connectivity index (χ3n) is 3.27. The second kappa shape index (κ2) is 6.12. The largest absolute Gasteiger partial charge is 0.340 e. The van der Waals surface area contributed by atoms with Crippen LogP contribution in [0.4, 0.5) is 0 Å². The molecule has 0 aliphatic carbocycles. The lowest BCUT2D eigenvalue weighted by Gasteiger charge is -2.29. The van der Waals surface area contributed by atoms with E-state index in [1.165, 1.54) is 19.3 Å². The molecule has 5 heteroatoms. The summed E-state index contributed by atoms with van der Waals surface area (Å²) in [5.74, 6) is 1.44. The van der Waals surface area contributed by atoms with Crippen molar-refractivity contribution in [2.24, 2.45) is 0 Å². The van der Waals surface area contributed by atoms with Crippen LogP contribution in [0.15, 0.2) is 4.52 Å². The van der Waals surface area contributed by atoms with Crippen LogP contribution >= 0.6 is 0 Å². The van der Waals surface area contributed by atoms with Crippen LogP contribution in [0.2, 0.25) is 0 Å². The van der Waals surface area contributed by atoms with Crippen LogP contribution in [-0.4, -0.2) is 40.7 Å². The lowest BCUT2D eigenvalue weighted by Crippen LogP contribution is -2.43. The molecule has 0 saturated carbocycles. The van der Waals surface area contributed by atoms with Crippen molar-refractivity contribution in [1.82, 2.24) is 20.4 Å². The summed E-state index contributed by atoms with van der Waals surface area (Å²) in [5.41, 5.74) is 0. The van der Waals surface area contributed by atoms with Gasteiger partial charge in [-0.25, -0.2) is 0 Å². The highest BCUT2D eigenvalue weighted by atomic mass is 16.5. The molecule has 0 amide bonds. The van der Waals surface area contributed by atoms with Gasteiger partial charge in [-0.15, -0.1) is 0 Å². The normalized spacial score (nSPS) is 21.0. The van der Waals surface area contributed by atoms with E-state index in [1.807, 2.05) is 6.92 Å². The fraction of sp³-hybridized carbons (Fsp3) is 0.833. The van der Waals surface area contributed by atoms with E-state index in [0.29, 0.717) is 11.9 Å². The van der Waals surface area contributed by atoms with E-state index >= 15 is 0 Å². The van der Waals surface area contributed by atoms with Crippen LogP contribution in [0.1, 0.15) is 37.9 Å². The van der Waals surface area contributed by atoms with E-state index in [1.54, 1.807) is 0 Å². The number of hydrogen-bond donors (Lipinski definition) is 1. The Morgan fingerprint density at radius 1 is 1.47 bits per heavy atom. The monoisotopic (exact) mass is 238 g/mol. The van der Waals surface area contributed by atoms with Gasteiger partial charge in [0.1, 0.15) is 0 Å². The third-order valence-corrected chi connectivity index (χ3v) is 3.27. The summed E-state index contributed by atoms with van der Waals surface area (Å²) >= 11 is 0. The number of nitrogens with one attached hydrogen (secondary N) is 1. The van der Waals surface area contributed by atoms with Gasteiger partial charge in [-0.1, -0.05) is 18.5 Å². The number of aromatic nitrogens is 2. The molecule has 0 spiro atoms. The average Bonchev–Trinajstić information content (AvgIpc) is 2.75. The zero-order valence-corrected chi connectivity index (χ0v) is 10.8. The Bertz CT molecular complexity index is 333. The SMILES string of the molecule is CCN(Cc1noc(C)n1)CC1CCCCN1. The summed E-state index contributed by atoms with van der Waals surface area (Å²) in [6.45, 7) is 8.04. The third kappa shape index (κ3) is 3.78. The fourth-order valence-electron chi connectivity index (χ4n) is 2.30. The molecule has 2 rings (SSSR count). The molecule has 1 unspecified atom stereocenters. The number of hydrogen-bond acceptors (Lipinski definition) is 5. The standard InChI is InChI=1S/C12H22N4O/c1-3-16(8-11-6-4-5-7-13-11)9-12-14-10(2)17-15-12/h11,13H,3-9H2,1-2H3. The minimum Gasteiger partial charge on any atom is -0.340 e. The van der Waals surface area contributed by atoms with Crippen molar-refractivity contribution < 1.29 is 4.52 Å². The summed E-state index contributed by atoms with van der Waals surface area (Å²) in [6, 6.07) is 0.622. The Kier molecular flexibility index (Phi) is 4.50. The molecule has 2 heterocycles. The predicted molar refractivity (Wildman–Crippen MR) is 65.6 cm³/mol. The van der Waals surface area contributed by atoms with Gasteiger partial charge in [-0.05, 0) is 25.9 Å². The molecule has 96 valence electrons. The first-order valence-corrected chi connectivity index (χ1v) is 6.53. The van der Waals surface area contributed by atoms with Crippen molar-refractivity contribution >= 4 is 0 Å². The number of nitrogens with zero attached hydrogens (tertiary/aromatic N) is 3. The van der Waals surface area contributed by atoms with E-state index in [2.05, 4.69) is 27.3 Å². The van der Waals surface area contributed by atoms with Crippen LogP contribution in [0.25, 0.3) is 0 Å². The van der Waals surface area contributed by atoms with E-state index in [-0.39, 0.29) is 0 Å². The quantitative estimate of drug-likeness (QED) is 0.839. The lowest BCUT2D eigenvalue weighted by atomic mass is 10.0. The van der Waals surface area contributed by atoms with Crippen molar-refractivity contribution in [2.75, 3.05) is 19.6 Å². The summed E-state index contributed by atoms with van der Waals surface area (Å²) in [5, 5.41) is 7.52. The second-order valence-electron chi connectivity index (χ2n) is 4.70. The van der Waals surface area contributed by atoms with Crippen LogP contribution in [0, 0.1) is 6.92 Å². The summed E-state index contributed by atoms with van der Waals surface area (Å²) < 4.78 is 5.00. The summed E-state index contributed by atoms with van der Waals surface area (Å²) in [4.78, 5) is 6.62. The highest BCUT2D eigenvalue weighted by Gasteiger charge is 2.17. The fourth-order valence-corrected chi connectivity index (χ4v) is 2.30. The van der Waals surface area contributed by atoms with Gasteiger partial charge < -0.3 is 9.84 Å². The Hall–Kier alpha value is -0.940. The Labute approximate surface area is 103 Å². The highest BCUT2D eigenvalue weighted by molar-refractivity contribution is 4.85. The molecule has 0 aromatic carbocycles. The van der Waals surface area contributed by atoms with Crippen molar-refractivity contribution in [1.29, 1.82) is 0 Å². The molecule has 1 fully saturated rings. The molecule has 1 atom stereocenters. The van der Waals surface area contributed by atoms with Crippen molar-refractivity contribution in [3.8, 4) is 0 Å². The van der Waals surface area contributed by atoms with Crippen LogP contribution in [-0.2, 0) is 6.54 Å². The lowest BCUT2D eigenvalue weighted by molar-refractivity contribution is 0.219. The predicted octanol–water partition coefficient (Wildman–Crippen LogP) is 1.34. The molecule has 1 N–H and O–H groups in total. The number of piperidine rings is 1. The molecular formula is C12H22N4O. The van der Waals surface area contributed by atoms with Gasteiger partial charge in [-0.2, -0.15) is 4.98 Å². The Balaban J connectivity index is 1.83. The molecule has 1 aromatic rings. The molecule has 1 aliphatic heterocycles. The van der Waals surface area contributed by atoms with E-state index in [4.69, 9.17) is 4.52 Å². The van der Waals surface area contributed by atoms with E-state index in [0.717, 1.165) is 32.0 Å². The first-order chi connectivity index (χ1) is 8.28. The zero-order chi connectivity index (χ0) is 12.1. The van der Waals surface area contributed by atoms with Crippen LogP contribution in [0.3, 0.4) is 0 Å². The molecule has 1 saturated heterocycles. The second-order valence-corrected chi connectivity index (χ2v) is 4.70. The maximum Gasteiger partial charge on any atom is 0.223 e. The molecule has 0 radical (unpaired) electrons. The van der Waals surface area contributed by atoms with Gasteiger partial charge in [0.15, 0.2) is 5.82 Å². The molecule has 1 aromatic heterocycles. The smallest absolute Gasteiger partial charge is 0.223 e. The minimum atomic E-state index is 0.622. The topological polar surface area (TPSA) is 54.2 Å². The van der Waals surface area contributed by atoms with E-state index < -0.39 is 0 Å². The molecule has 0 bridgehead atoms. The van der Waals surface area contributed by atoms with Gasteiger partial charge in [-0.3, -0.25) is 4.90 Å². The Morgan fingerprint density at radius 3 is 2.94 bits per heavy atom. The van der Waals surface area contributed by atoms with Gasteiger partial charge in [0.05, 0.1) is 6.54 Å². The molecular weight excluding hydrogens is 216 g/mol. The van der Waals surface area contributed by atoms with Crippen LogP contribution in [0.5, 0.6) is 0 Å². The maximum absolute atomic E-state index is 5.00. The number of aryl methyl sites for hydroxylation is 1. The molecule has 5 nitrogen and oxygen atoms in total. The van der Waals surface area contributed by atoms with Gasteiger partial charge in [0.2, 0.25) is 5.89 Å². The maximum atomic E-state index is 5.00. The van der Waals surface area contributed by atoms with Crippen molar-refractivity contribution in [3.63, 3.8) is 0 Å². The molecule has 1 aliphatic rings. The first kappa shape index (κ1) is 12.5. The minimum absolute atomic E-state index is 0.622. The first-order valence-electron chi connectivity index (χ1n) is 6.53. The van der Waals surface area contributed by atoms with Gasteiger partial charge in [0, 0.05) is 19.5 Å². The number of likely N-dealkylation sites (N-methyl/N-ethyl adjacent to an activating group) is 1. The van der Waals surface area contributed by atoms with Crippen molar-refractivity contribution in [3.05, 3.63) is 11.7 Å². The molecule has 17 heavy (non-hydrogen) atoms. The van der Waals surface area contributed by atoms with Gasteiger partial charge in [0.25, 0.3) is 0 Å². The van der Waals surface area contributed by atoms with Crippen molar-refractivity contribution in [2.45, 2.75) is 45.7 Å². The highest BCUT2D eigenvalue weighted by Crippen LogP contribution is 2.10. The van der Waals surface area contributed by atoms with Crippen LogP contribution < -0.4 is 5.32 Å². The average molecular weight is 238 g/mol. The Morgan fingerprint density at radius 2 is 2.35 bits per heavy atom. The van der Waals surface area contributed by atoms with E-state index in [9.17, 15) is 0 Å². The summed E-state index contributed by atoms with van der Waals surface area (Å²) in [6.07, 6.45) is 3.94. The zero-order valence-electron chi connectivity index (χ0n) is 10.8. The van der Waals surface area contributed by atoms with Gasteiger partial charge >= 0.3 is 0 Å².